The summed E-state index contributed by atoms with van der Waals surface area (Å²) in [7, 11) is 2.08. The first-order valence-corrected chi connectivity index (χ1v) is 5.75. The van der Waals surface area contributed by atoms with Gasteiger partial charge in [0.15, 0.2) is 0 Å². The Bertz CT molecular complexity index is 382. The van der Waals surface area contributed by atoms with E-state index in [1.54, 1.807) is 24.3 Å². The van der Waals surface area contributed by atoms with Crippen molar-refractivity contribution < 1.29 is 4.79 Å². The molecule has 1 aliphatic heterocycles. The van der Waals surface area contributed by atoms with Crippen LogP contribution in [0.25, 0.3) is 0 Å². The fraction of sp³-hybridized carbons (Fsp3) is 0.417. The molecule has 1 fully saturated rings. The molecule has 17 heavy (non-hydrogen) atoms. The highest BCUT2D eigenvalue weighted by molar-refractivity contribution is 5.94. The summed E-state index contributed by atoms with van der Waals surface area (Å²) in [6.07, 6.45) is 0. The summed E-state index contributed by atoms with van der Waals surface area (Å²) in [5, 5.41) is 1.96. The second-order valence-corrected chi connectivity index (χ2v) is 4.35. The molecule has 0 radical (unpaired) electrons. The molecule has 0 aromatic heterocycles. The highest BCUT2D eigenvalue weighted by Gasteiger charge is 2.16. The first-order valence-electron chi connectivity index (χ1n) is 5.75. The summed E-state index contributed by atoms with van der Waals surface area (Å²) in [5.41, 5.74) is 9.79. The molecule has 0 saturated carbocycles. The second kappa shape index (κ2) is 5.16. The first-order chi connectivity index (χ1) is 8.15. The van der Waals surface area contributed by atoms with Crippen LogP contribution in [0, 0.1) is 0 Å². The smallest absolute Gasteiger partial charge is 0.265 e. The third kappa shape index (κ3) is 3.18. The van der Waals surface area contributed by atoms with Crippen LogP contribution >= 0.6 is 0 Å². The van der Waals surface area contributed by atoms with Gasteiger partial charge in [0.2, 0.25) is 0 Å². The first kappa shape index (κ1) is 11.9. The number of carbonyl (C=O) groups is 1. The van der Waals surface area contributed by atoms with Crippen molar-refractivity contribution in [3.63, 3.8) is 0 Å². The maximum Gasteiger partial charge on any atom is 0.265 e. The average molecular weight is 234 g/mol. The van der Waals surface area contributed by atoms with E-state index < -0.39 is 0 Å². The van der Waals surface area contributed by atoms with Crippen molar-refractivity contribution in [2.75, 3.05) is 39.0 Å². The van der Waals surface area contributed by atoms with Gasteiger partial charge >= 0.3 is 0 Å². The number of nitrogens with one attached hydrogen (secondary N) is 1. The van der Waals surface area contributed by atoms with Gasteiger partial charge in [0, 0.05) is 37.4 Å². The molecule has 0 bridgehead atoms. The normalized spacial score (nSPS) is 17.9. The van der Waals surface area contributed by atoms with Crippen molar-refractivity contribution >= 4 is 11.6 Å². The minimum atomic E-state index is -0.0745. The number of rotatable bonds is 2. The number of hydrogen-bond donors (Lipinski definition) is 2. The van der Waals surface area contributed by atoms with Gasteiger partial charge in [0.25, 0.3) is 5.91 Å². The Kier molecular flexibility index (Phi) is 3.61. The Hall–Kier alpha value is -1.59. The quantitative estimate of drug-likeness (QED) is 0.716. The van der Waals surface area contributed by atoms with Crippen LogP contribution in [0.4, 0.5) is 5.69 Å². The maximum absolute atomic E-state index is 11.9. The van der Waals surface area contributed by atoms with Crippen LogP contribution in [0.1, 0.15) is 10.4 Å². The summed E-state index contributed by atoms with van der Waals surface area (Å²) >= 11 is 0. The molecule has 1 saturated heterocycles. The van der Waals surface area contributed by atoms with Gasteiger partial charge in [-0.2, -0.15) is 0 Å². The third-order valence-corrected chi connectivity index (χ3v) is 2.94. The summed E-state index contributed by atoms with van der Waals surface area (Å²) in [6, 6.07) is 6.94. The number of benzene rings is 1. The molecular formula is C12H18N4O. The van der Waals surface area contributed by atoms with E-state index in [9.17, 15) is 4.79 Å². The molecule has 1 heterocycles. The van der Waals surface area contributed by atoms with E-state index >= 15 is 0 Å². The molecule has 1 aliphatic rings. The number of carbonyl (C=O) groups excluding carboxylic acids is 1. The van der Waals surface area contributed by atoms with Crippen LogP contribution < -0.4 is 11.2 Å². The molecule has 0 aliphatic carbocycles. The predicted molar refractivity (Wildman–Crippen MR) is 67.4 cm³/mol. The van der Waals surface area contributed by atoms with Crippen molar-refractivity contribution in [3.8, 4) is 0 Å². The lowest BCUT2D eigenvalue weighted by Crippen LogP contribution is -2.52. The number of nitrogens with zero attached hydrogens (tertiary/aromatic N) is 2. The van der Waals surface area contributed by atoms with Gasteiger partial charge in [-0.15, -0.1) is 0 Å². The molecule has 0 spiro atoms. The zero-order valence-electron chi connectivity index (χ0n) is 10.0. The molecule has 0 unspecified atom stereocenters. The highest BCUT2D eigenvalue weighted by Crippen LogP contribution is 2.06. The molecule has 1 aromatic carbocycles. The highest BCUT2D eigenvalue weighted by atomic mass is 16.2. The lowest BCUT2D eigenvalue weighted by molar-refractivity contribution is 0.0662. The van der Waals surface area contributed by atoms with E-state index in [2.05, 4.69) is 17.4 Å². The van der Waals surface area contributed by atoms with E-state index in [-0.39, 0.29) is 5.91 Å². The standard InChI is InChI=1S/C12H18N4O/c1-15-6-8-16(9-7-15)14-12(17)10-2-4-11(13)5-3-10/h2-5H,6-9,13H2,1H3,(H,14,17). The summed E-state index contributed by atoms with van der Waals surface area (Å²) in [6.45, 7) is 3.67. The Balaban J connectivity index is 1.91. The number of amides is 1. The lowest BCUT2D eigenvalue weighted by Gasteiger charge is -2.32. The molecule has 1 aromatic rings. The van der Waals surface area contributed by atoms with Gasteiger partial charge in [-0.1, -0.05) is 0 Å². The molecule has 5 heteroatoms. The van der Waals surface area contributed by atoms with Crippen molar-refractivity contribution in [3.05, 3.63) is 29.8 Å². The number of piperazine rings is 1. The number of likely N-dealkylation sites (N-methyl/N-ethyl adjacent to an activating group) is 1. The van der Waals surface area contributed by atoms with Crippen LogP contribution in [-0.4, -0.2) is 49.0 Å². The summed E-state index contributed by atoms with van der Waals surface area (Å²) in [4.78, 5) is 14.1. The topological polar surface area (TPSA) is 61.6 Å². The van der Waals surface area contributed by atoms with Crippen LogP contribution in [0.15, 0.2) is 24.3 Å². The fourth-order valence-corrected chi connectivity index (χ4v) is 1.76. The molecule has 2 rings (SSSR count). The number of hydrazine groups is 1. The number of anilines is 1. The van der Waals surface area contributed by atoms with Crippen molar-refractivity contribution in [2.45, 2.75) is 0 Å². The van der Waals surface area contributed by atoms with Gasteiger partial charge in [-0.3, -0.25) is 10.2 Å². The van der Waals surface area contributed by atoms with Crippen molar-refractivity contribution in [1.82, 2.24) is 15.3 Å². The molecular weight excluding hydrogens is 216 g/mol. The van der Waals surface area contributed by atoms with Crippen LogP contribution in [0.5, 0.6) is 0 Å². The SMILES string of the molecule is CN1CCN(NC(=O)c2ccc(N)cc2)CC1. The predicted octanol–water partition coefficient (Wildman–Crippen LogP) is 0.161. The van der Waals surface area contributed by atoms with Crippen molar-refractivity contribution in [2.24, 2.45) is 0 Å². The van der Waals surface area contributed by atoms with E-state index in [1.807, 2.05) is 5.01 Å². The van der Waals surface area contributed by atoms with Gasteiger partial charge < -0.3 is 10.6 Å². The van der Waals surface area contributed by atoms with Gasteiger partial charge in [-0.05, 0) is 31.3 Å². The number of hydrogen-bond acceptors (Lipinski definition) is 4. The lowest BCUT2D eigenvalue weighted by atomic mass is 10.2. The van der Waals surface area contributed by atoms with Crippen LogP contribution in [-0.2, 0) is 0 Å². The Morgan fingerprint density at radius 3 is 2.35 bits per heavy atom. The summed E-state index contributed by atoms with van der Waals surface area (Å²) in [5.74, 6) is -0.0745. The zero-order chi connectivity index (χ0) is 12.3. The fourth-order valence-electron chi connectivity index (χ4n) is 1.76. The van der Waals surface area contributed by atoms with E-state index in [1.165, 1.54) is 0 Å². The van der Waals surface area contributed by atoms with Crippen molar-refractivity contribution in [1.29, 1.82) is 0 Å². The molecule has 0 atom stereocenters. The van der Waals surface area contributed by atoms with Crippen LogP contribution in [0.2, 0.25) is 0 Å². The Morgan fingerprint density at radius 2 is 1.76 bits per heavy atom. The monoisotopic (exact) mass is 234 g/mol. The van der Waals surface area contributed by atoms with E-state index in [0.717, 1.165) is 26.2 Å². The molecule has 3 N–H and O–H groups in total. The van der Waals surface area contributed by atoms with Gasteiger partial charge in [0.1, 0.15) is 0 Å². The third-order valence-electron chi connectivity index (χ3n) is 2.94. The number of nitrogens with two attached hydrogens (primary N) is 1. The Labute approximate surface area is 101 Å². The van der Waals surface area contributed by atoms with Crippen LogP contribution in [0.3, 0.4) is 0 Å². The second-order valence-electron chi connectivity index (χ2n) is 4.35. The van der Waals surface area contributed by atoms with E-state index in [4.69, 9.17) is 5.73 Å². The largest absolute Gasteiger partial charge is 0.399 e. The van der Waals surface area contributed by atoms with Gasteiger partial charge in [-0.25, -0.2) is 5.01 Å². The molecule has 92 valence electrons. The number of nitrogen functional groups attached to an aromatic ring is 1. The van der Waals surface area contributed by atoms with Gasteiger partial charge in [0.05, 0.1) is 0 Å². The van der Waals surface area contributed by atoms with E-state index in [0.29, 0.717) is 11.3 Å². The minimum absolute atomic E-state index is 0.0745. The summed E-state index contributed by atoms with van der Waals surface area (Å²) < 4.78 is 0. The Morgan fingerprint density at radius 1 is 1.18 bits per heavy atom. The zero-order valence-corrected chi connectivity index (χ0v) is 10.0. The average Bonchev–Trinajstić information content (AvgIpc) is 2.33. The minimum Gasteiger partial charge on any atom is -0.399 e. The molecule has 5 nitrogen and oxygen atoms in total. The molecule has 1 amide bonds. The maximum atomic E-state index is 11.9.